The number of hydrogen-bond donors (Lipinski definition) is 1. The van der Waals surface area contributed by atoms with Gasteiger partial charge in [-0.1, -0.05) is 45.0 Å². The molecule has 1 aromatic heterocycles. The highest BCUT2D eigenvalue weighted by atomic mass is 15.3. The average molecular weight is 271 g/mol. The van der Waals surface area contributed by atoms with E-state index in [0.29, 0.717) is 5.92 Å². The van der Waals surface area contributed by atoms with Gasteiger partial charge in [0, 0.05) is 31.9 Å². The van der Waals surface area contributed by atoms with Gasteiger partial charge >= 0.3 is 0 Å². The van der Waals surface area contributed by atoms with Crippen LogP contribution in [-0.4, -0.2) is 9.78 Å². The molecule has 3 heteroatoms. The first-order chi connectivity index (χ1) is 9.60. The van der Waals surface area contributed by atoms with E-state index in [2.05, 4.69) is 61.6 Å². The summed E-state index contributed by atoms with van der Waals surface area (Å²) in [5, 5.41) is 7.96. The Morgan fingerprint density at radius 2 is 1.85 bits per heavy atom. The van der Waals surface area contributed by atoms with Gasteiger partial charge in [0.15, 0.2) is 0 Å². The molecule has 20 heavy (non-hydrogen) atoms. The quantitative estimate of drug-likeness (QED) is 0.872. The molecule has 1 heterocycles. The Bertz CT molecular complexity index is 538. The third kappa shape index (κ3) is 3.70. The van der Waals surface area contributed by atoms with Crippen LogP contribution in [0.2, 0.25) is 0 Å². The Balaban J connectivity index is 1.89. The lowest BCUT2D eigenvalue weighted by Crippen LogP contribution is -2.13. The predicted octanol–water partition coefficient (Wildman–Crippen LogP) is 3.40. The second kappa shape index (κ2) is 6.71. The summed E-state index contributed by atoms with van der Waals surface area (Å²) in [6, 6.07) is 8.88. The minimum absolute atomic E-state index is 0.597. The van der Waals surface area contributed by atoms with Gasteiger partial charge < -0.3 is 5.32 Å². The molecular formula is C17H25N3. The van der Waals surface area contributed by atoms with Crippen molar-refractivity contribution in [2.75, 3.05) is 0 Å². The lowest BCUT2D eigenvalue weighted by Gasteiger charge is -2.08. The molecule has 0 aliphatic rings. The van der Waals surface area contributed by atoms with Crippen molar-refractivity contribution in [1.82, 2.24) is 15.1 Å². The van der Waals surface area contributed by atoms with E-state index in [4.69, 9.17) is 0 Å². The zero-order valence-electron chi connectivity index (χ0n) is 13.0. The van der Waals surface area contributed by atoms with Gasteiger partial charge in [0.2, 0.25) is 0 Å². The SMILES string of the molecule is CCc1nn(C)cc1CNCc1ccc(C(C)C)cc1. The fraction of sp³-hybridized carbons (Fsp3) is 0.471. The van der Waals surface area contributed by atoms with Gasteiger partial charge in [0.1, 0.15) is 0 Å². The summed E-state index contributed by atoms with van der Waals surface area (Å²) < 4.78 is 1.90. The summed E-state index contributed by atoms with van der Waals surface area (Å²) in [5.41, 5.74) is 5.22. The molecule has 0 atom stereocenters. The molecule has 0 spiro atoms. The van der Waals surface area contributed by atoms with Gasteiger partial charge in [-0.05, 0) is 23.5 Å². The fourth-order valence-corrected chi connectivity index (χ4v) is 2.39. The Labute approximate surface area is 122 Å². The summed E-state index contributed by atoms with van der Waals surface area (Å²) in [4.78, 5) is 0. The van der Waals surface area contributed by atoms with Gasteiger partial charge in [-0.3, -0.25) is 4.68 Å². The van der Waals surface area contributed by atoms with E-state index in [9.17, 15) is 0 Å². The predicted molar refractivity (Wildman–Crippen MR) is 83.7 cm³/mol. The Hall–Kier alpha value is -1.61. The van der Waals surface area contributed by atoms with Gasteiger partial charge in [-0.2, -0.15) is 5.10 Å². The van der Waals surface area contributed by atoms with Crippen molar-refractivity contribution in [3.63, 3.8) is 0 Å². The van der Waals surface area contributed by atoms with Crippen molar-refractivity contribution in [2.45, 2.75) is 46.2 Å². The molecule has 2 rings (SSSR count). The molecule has 0 amide bonds. The summed E-state index contributed by atoms with van der Waals surface area (Å²) in [7, 11) is 1.98. The summed E-state index contributed by atoms with van der Waals surface area (Å²) in [6.45, 7) is 8.37. The van der Waals surface area contributed by atoms with E-state index in [0.717, 1.165) is 19.5 Å². The van der Waals surface area contributed by atoms with Gasteiger partial charge in [-0.25, -0.2) is 0 Å². The van der Waals surface area contributed by atoms with Crippen molar-refractivity contribution in [1.29, 1.82) is 0 Å². The van der Waals surface area contributed by atoms with Crippen molar-refractivity contribution in [3.8, 4) is 0 Å². The van der Waals surface area contributed by atoms with E-state index in [1.807, 2.05) is 11.7 Å². The molecule has 0 bridgehead atoms. The van der Waals surface area contributed by atoms with Crippen molar-refractivity contribution >= 4 is 0 Å². The molecule has 1 N–H and O–H groups in total. The topological polar surface area (TPSA) is 29.9 Å². The number of aromatic nitrogens is 2. The largest absolute Gasteiger partial charge is 0.308 e. The molecule has 3 nitrogen and oxygen atoms in total. The molecular weight excluding hydrogens is 246 g/mol. The standard InChI is InChI=1S/C17H25N3/c1-5-17-16(12-20(4)19-17)11-18-10-14-6-8-15(9-7-14)13(2)3/h6-9,12-13,18H,5,10-11H2,1-4H3. The monoisotopic (exact) mass is 271 g/mol. The minimum atomic E-state index is 0.597. The number of rotatable bonds is 6. The summed E-state index contributed by atoms with van der Waals surface area (Å²) in [5.74, 6) is 0.597. The summed E-state index contributed by atoms with van der Waals surface area (Å²) >= 11 is 0. The number of nitrogens with one attached hydrogen (secondary N) is 1. The van der Waals surface area contributed by atoms with Crippen LogP contribution >= 0.6 is 0 Å². The third-order valence-corrected chi connectivity index (χ3v) is 3.62. The molecule has 0 unspecified atom stereocenters. The van der Waals surface area contributed by atoms with Gasteiger partial charge in [0.25, 0.3) is 0 Å². The van der Waals surface area contributed by atoms with E-state index < -0.39 is 0 Å². The normalized spacial score (nSPS) is 11.2. The number of benzene rings is 1. The smallest absolute Gasteiger partial charge is 0.0666 e. The maximum absolute atomic E-state index is 4.46. The van der Waals surface area contributed by atoms with Crippen LogP contribution in [-0.2, 0) is 26.6 Å². The second-order valence-corrected chi connectivity index (χ2v) is 5.63. The maximum Gasteiger partial charge on any atom is 0.0666 e. The highest BCUT2D eigenvalue weighted by molar-refractivity contribution is 5.24. The Morgan fingerprint density at radius 3 is 2.45 bits per heavy atom. The van der Waals surface area contributed by atoms with Crippen LogP contribution in [0.4, 0.5) is 0 Å². The fourth-order valence-electron chi connectivity index (χ4n) is 2.39. The molecule has 2 aromatic rings. The third-order valence-electron chi connectivity index (χ3n) is 3.62. The van der Waals surface area contributed by atoms with Crippen LogP contribution in [0.3, 0.4) is 0 Å². The summed E-state index contributed by atoms with van der Waals surface area (Å²) in [6.07, 6.45) is 3.09. The van der Waals surface area contributed by atoms with E-state index in [-0.39, 0.29) is 0 Å². The average Bonchev–Trinajstić information content (AvgIpc) is 2.79. The molecule has 0 saturated heterocycles. The number of hydrogen-bond acceptors (Lipinski definition) is 2. The minimum Gasteiger partial charge on any atom is -0.308 e. The zero-order valence-corrected chi connectivity index (χ0v) is 13.0. The Morgan fingerprint density at radius 1 is 1.15 bits per heavy atom. The molecule has 0 fully saturated rings. The van der Waals surface area contributed by atoms with Crippen LogP contribution in [0.15, 0.2) is 30.5 Å². The molecule has 0 radical (unpaired) electrons. The highest BCUT2D eigenvalue weighted by Gasteiger charge is 2.05. The first-order valence-electron chi connectivity index (χ1n) is 7.41. The molecule has 0 aliphatic heterocycles. The molecule has 0 saturated carbocycles. The van der Waals surface area contributed by atoms with Crippen LogP contribution < -0.4 is 5.32 Å². The van der Waals surface area contributed by atoms with E-state index >= 15 is 0 Å². The Kier molecular flexibility index (Phi) is 4.96. The lowest BCUT2D eigenvalue weighted by molar-refractivity contribution is 0.687. The van der Waals surface area contributed by atoms with Crippen LogP contribution in [0.1, 0.15) is 49.1 Å². The first-order valence-corrected chi connectivity index (χ1v) is 7.41. The van der Waals surface area contributed by atoms with Crippen molar-refractivity contribution in [3.05, 3.63) is 52.8 Å². The highest BCUT2D eigenvalue weighted by Crippen LogP contribution is 2.14. The van der Waals surface area contributed by atoms with E-state index in [1.165, 1.54) is 22.4 Å². The zero-order chi connectivity index (χ0) is 14.5. The molecule has 1 aromatic carbocycles. The van der Waals surface area contributed by atoms with Crippen LogP contribution in [0.25, 0.3) is 0 Å². The van der Waals surface area contributed by atoms with Crippen LogP contribution in [0, 0.1) is 0 Å². The first kappa shape index (κ1) is 14.8. The molecule has 0 aliphatic carbocycles. The van der Waals surface area contributed by atoms with Gasteiger partial charge in [0.05, 0.1) is 5.69 Å². The van der Waals surface area contributed by atoms with Crippen LogP contribution in [0.5, 0.6) is 0 Å². The second-order valence-electron chi connectivity index (χ2n) is 5.63. The lowest BCUT2D eigenvalue weighted by atomic mass is 10.0. The van der Waals surface area contributed by atoms with Crippen molar-refractivity contribution < 1.29 is 0 Å². The van der Waals surface area contributed by atoms with E-state index in [1.54, 1.807) is 0 Å². The molecule has 108 valence electrons. The van der Waals surface area contributed by atoms with Crippen molar-refractivity contribution in [2.24, 2.45) is 7.05 Å². The number of aryl methyl sites for hydroxylation is 2. The van der Waals surface area contributed by atoms with Gasteiger partial charge in [-0.15, -0.1) is 0 Å². The number of nitrogens with zero attached hydrogens (tertiary/aromatic N) is 2. The maximum atomic E-state index is 4.46.